The van der Waals surface area contributed by atoms with Gasteiger partial charge in [-0.05, 0) is 79.5 Å². The van der Waals surface area contributed by atoms with E-state index in [1.165, 1.54) is 4.31 Å². The number of aliphatic hydroxyl groups is 1. The average Bonchev–Trinajstić information content (AvgIpc) is 3.23. The fourth-order valence-electron chi connectivity index (χ4n) is 4.87. The number of fused-ring (bicyclic) bond motifs is 1. The summed E-state index contributed by atoms with van der Waals surface area (Å²) in [6, 6.07) is 11.0. The van der Waals surface area contributed by atoms with Crippen LogP contribution in [0.5, 0.6) is 5.75 Å². The van der Waals surface area contributed by atoms with Crippen molar-refractivity contribution < 1.29 is 23.0 Å². The minimum atomic E-state index is -3.85. The Labute approximate surface area is 209 Å². The van der Waals surface area contributed by atoms with Crippen molar-refractivity contribution >= 4 is 21.4 Å². The molecule has 0 amide bonds. The molecule has 1 saturated heterocycles. The number of hydrogen-bond donors (Lipinski definition) is 1. The van der Waals surface area contributed by atoms with Gasteiger partial charge in [0.2, 0.25) is 0 Å². The third-order valence-corrected chi connectivity index (χ3v) is 8.72. The van der Waals surface area contributed by atoms with Crippen LogP contribution >= 0.6 is 0 Å². The van der Waals surface area contributed by atoms with Crippen LogP contribution in [0.1, 0.15) is 50.3 Å². The lowest BCUT2D eigenvalue weighted by Gasteiger charge is -2.28. The van der Waals surface area contributed by atoms with Crippen LogP contribution in [0.3, 0.4) is 0 Å². The Bertz CT molecular complexity index is 1110. The van der Waals surface area contributed by atoms with E-state index in [2.05, 4.69) is 0 Å². The van der Waals surface area contributed by atoms with Crippen LogP contribution in [-0.4, -0.2) is 54.0 Å². The summed E-state index contributed by atoms with van der Waals surface area (Å²) in [5, 5.41) is 10.8. The summed E-state index contributed by atoms with van der Waals surface area (Å²) in [6.45, 7) is 6.42. The Hall–Kier alpha value is -2.29. The van der Waals surface area contributed by atoms with Gasteiger partial charge in [-0.2, -0.15) is 0 Å². The lowest BCUT2D eigenvalue weighted by atomic mass is 10.0. The van der Waals surface area contributed by atoms with E-state index in [-0.39, 0.29) is 10.8 Å². The zero-order chi connectivity index (χ0) is 25.2. The van der Waals surface area contributed by atoms with E-state index in [4.69, 9.17) is 9.47 Å². The molecule has 1 heterocycles. The summed E-state index contributed by atoms with van der Waals surface area (Å²) in [5.41, 5.74) is 2.95. The van der Waals surface area contributed by atoms with Crippen LogP contribution in [0.2, 0.25) is 0 Å². The molecule has 1 aliphatic heterocycles. The molecule has 1 aliphatic carbocycles. The predicted octanol–water partition coefficient (Wildman–Crippen LogP) is 4.39. The Kier molecular flexibility index (Phi) is 7.93. The highest BCUT2D eigenvalue weighted by atomic mass is 32.2. The van der Waals surface area contributed by atoms with E-state index in [9.17, 15) is 13.5 Å². The number of hydrogen-bond acceptors (Lipinski definition) is 6. The first-order valence-corrected chi connectivity index (χ1v) is 14.0. The zero-order valence-corrected chi connectivity index (χ0v) is 22.1. The minimum Gasteiger partial charge on any atom is -0.493 e. The van der Waals surface area contributed by atoms with Crippen LogP contribution in [0, 0.1) is 11.8 Å². The number of aliphatic hydroxyl groups excluding tert-OH is 1. The smallest absolute Gasteiger partial charge is 0.264 e. The molecule has 0 saturated carbocycles. The number of rotatable bonds is 9. The van der Waals surface area contributed by atoms with Crippen LogP contribution < -0.4 is 13.9 Å². The summed E-state index contributed by atoms with van der Waals surface area (Å²) in [5.74, 6) is 1.15. The van der Waals surface area contributed by atoms with Crippen molar-refractivity contribution in [2.45, 2.75) is 50.5 Å². The molecule has 2 aromatic carbocycles. The largest absolute Gasteiger partial charge is 0.493 e. The van der Waals surface area contributed by atoms with Crippen molar-refractivity contribution in [2.24, 2.45) is 11.8 Å². The van der Waals surface area contributed by atoms with Crippen molar-refractivity contribution in [1.29, 1.82) is 0 Å². The molecule has 2 aliphatic rings. The molecule has 192 valence electrons. The lowest BCUT2D eigenvalue weighted by Crippen LogP contribution is -2.35. The van der Waals surface area contributed by atoms with Gasteiger partial charge >= 0.3 is 0 Å². The number of anilines is 2. The number of nitrogens with zero attached hydrogens (tertiary/aromatic N) is 2. The van der Waals surface area contributed by atoms with Crippen LogP contribution in [0.15, 0.2) is 41.3 Å². The first-order valence-electron chi connectivity index (χ1n) is 12.5. The highest BCUT2D eigenvalue weighted by Gasteiger charge is 2.35. The van der Waals surface area contributed by atoms with Gasteiger partial charge in [0.25, 0.3) is 10.0 Å². The maximum absolute atomic E-state index is 14.0. The summed E-state index contributed by atoms with van der Waals surface area (Å²) >= 11 is 0. The van der Waals surface area contributed by atoms with Gasteiger partial charge in [-0.25, -0.2) is 8.42 Å². The Morgan fingerprint density at radius 3 is 2.31 bits per heavy atom. The molecule has 1 unspecified atom stereocenters. The Morgan fingerprint density at radius 2 is 1.69 bits per heavy atom. The highest BCUT2D eigenvalue weighted by molar-refractivity contribution is 7.92. The van der Waals surface area contributed by atoms with Crippen molar-refractivity contribution in [3.05, 3.63) is 47.5 Å². The standard InChI is InChI=1S/C27H38N2O5S/c1-19(2)17-29(22-7-5-21(6-8-22)28(3)4)35(31,32)26-12-11-25(27-23(26)9-10-24(27)30)34-18-20-13-15-33-16-14-20/h5-8,11-12,19-20,24,30H,9-10,13-18H2,1-4H3. The molecule has 0 bridgehead atoms. The van der Waals surface area contributed by atoms with Gasteiger partial charge in [-0.1, -0.05) is 13.8 Å². The van der Waals surface area contributed by atoms with E-state index in [0.717, 1.165) is 31.7 Å². The van der Waals surface area contributed by atoms with Gasteiger partial charge in [0.1, 0.15) is 5.75 Å². The molecule has 0 radical (unpaired) electrons. The number of benzene rings is 2. The average molecular weight is 503 g/mol. The number of sulfonamides is 1. The topological polar surface area (TPSA) is 79.3 Å². The molecule has 1 N–H and O–H groups in total. The minimum absolute atomic E-state index is 0.138. The van der Waals surface area contributed by atoms with Crippen molar-refractivity contribution in [1.82, 2.24) is 0 Å². The van der Waals surface area contributed by atoms with E-state index < -0.39 is 16.1 Å². The third-order valence-electron chi connectivity index (χ3n) is 6.84. The lowest BCUT2D eigenvalue weighted by molar-refractivity contribution is 0.0491. The second-order valence-electron chi connectivity index (χ2n) is 10.2. The molecular formula is C27H38N2O5S. The van der Waals surface area contributed by atoms with Gasteiger partial charge < -0.3 is 19.5 Å². The predicted molar refractivity (Wildman–Crippen MR) is 139 cm³/mol. The van der Waals surface area contributed by atoms with E-state index >= 15 is 0 Å². The zero-order valence-electron chi connectivity index (χ0n) is 21.2. The van der Waals surface area contributed by atoms with E-state index in [0.29, 0.717) is 54.5 Å². The van der Waals surface area contributed by atoms with Crippen LogP contribution in [-0.2, 0) is 21.2 Å². The van der Waals surface area contributed by atoms with Crippen LogP contribution in [0.4, 0.5) is 11.4 Å². The molecule has 0 aromatic heterocycles. The Morgan fingerprint density at radius 1 is 1.03 bits per heavy atom. The summed E-state index contributed by atoms with van der Waals surface area (Å²) in [7, 11) is 0.0659. The summed E-state index contributed by atoms with van der Waals surface area (Å²) in [6.07, 6.45) is 2.19. The summed E-state index contributed by atoms with van der Waals surface area (Å²) in [4.78, 5) is 2.25. The third kappa shape index (κ3) is 5.60. The molecule has 8 heteroatoms. The molecule has 35 heavy (non-hydrogen) atoms. The maximum Gasteiger partial charge on any atom is 0.264 e. The van der Waals surface area contributed by atoms with Crippen molar-refractivity contribution in [3.63, 3.8) is 0 Å². The van der Waals surface area contributed by atoms with Gasteiger partial charge in [0.15, 0.2) is 0 Å². The second kappa shape index (κ2) is 10.8. The van der Waals surface area contributed by atoms with E-state index in [1.807, 2.05) is 57.1 Å². The Balaban J connectivity index is 1.68. The molecule has 0 spiro atoms. The van der Waals surface area contributed by atoms with Gasteiger partial charge in [0, 0.05) is 45.1 Å². The molecule has 7 nitrogen and oxygen atoms in total. The monoisotopic (exact) mass is 502 g/mol. The molecule has 2 aromatic rings. The maximum atomic E-state index is 14.0. The molecular weight excluding hydrogens is 464 g/mol. The SMILES string of the molecule is CC(C)CN(c1ccc(N(C)C)cc1)S(=O)(=O)c1ccc(OCC2CCOCC2)c2c1CCC2O. The summed E-state index contributed by atoms with van der Waals surface area (Å²) < 4.78 is 41.2. The van der Waals surface area contributed by atoms with Crippen LogP contribution in [0.25, 0.3) is 0 Å². The second-order valence-corrected chi connectivity index (χ2v) is 12.0. The van der Waals surface area contributed by atoms with Gasteiger partial charge in [0.05, 0.1) is 23.3 Å². The first-order chi connectivity index (χ1) is 16.7. The quantitative estimate of drug-likeness (QED) is 0.548. The fourth-order valence-corrected chi connectivity index (χ4v) is 6.76. The first kappa shape index (κ1) is 25.8. The molecule has 4 rings (SSSR count). The molecule has 1 fully saturated rings. The number of ether oxygens (including phenoxy) is 2. The normalized spacial score (nSPS) is 18.5. The van der Waals surface area contributed by atoms with Crippen molar-refractivity contribution in [2.75, 3.05) is 49.7 Å². The highest BCUT2D eigenvalue weighted by Crippen LogP contribution is 2.43. The fraction of sp³-hybridized carbons (Fsp3) is 0.556. The molecule has 1 atom stereocenters. The van der Waals surface area contributed by atoms with E-state index in [1.54, 1.807) is 12.1 Å². The van der Waals surface area contributed by atoms with Crippen molar-refractivity contribution in [3.8, 4) is 5.75 Å². The van der Waals surface area contributed by atoms with Gasteiger partial charge in [-0.15, -0.1) is 0 Å². The van der Waals surface area contributed by atoms with Gasteiger partial charge in [-0.3, -0.25) is 4.31 Å².